The van der Waals surface area contributed by atoms with Gasteiger partial charge in [0.25, 0.3) is 5.91 Å². The van der Waals surface area contributed by atoms with E-state index in [1.807, 2.05) is 40.3 Å². The fourth-order valence-electron chi connectivity index (χ4n) is 4.02. The molecule has 27 heavy (non-hydrogen) atoms. The van der Waals surface area contributed by atoms with Crippen molar-refractivity contribution in [3.63, 3.8) is 0 Å². The van der Waals surface area contributed by atoms with Crippen molar-refractivity contribution in [2.75, 3.05) is 52.6 Å². The molecule has 3 rings (SSSR count). The van der Waals surface area contributed by atoms with E-state index in [2.05, 4.69) is 11.9 Å². The van der Waals surface area contributed by atoms with Gasteiger partial charge in [0.15, 0.2) is 0 Å². The van der Waals surface area contributed by atoms with E-state index < -0.39 is 0 Å². The molecule has 6 heteroatoms. The molecule has 2 heterocycles. The number of carbonyl (C=O) groups is 2. The Morgan fingerprint density at radius 2 is 1.81 bits per heavy atom. The molecule has 2 aliphatic heterocycles. The molecule has 2 saturated heterocycles. The zero-order valence-electron chi connectivity index (χ0n) is 16.5. The van der Waals surface area contributed by atoms with Gasteiger partial charge in [-0.1, -0.05) is 12.1 Å². The average molecular weight is 390 g/mol. The highest BCUT2D eigenvalue weighted by molar-refractivity contribution is 7.98. The topological polar surface area (TPSA) is 43.9 Å². The van der Waals surface area contributed by atoms with Gasteiger partial charge < -0.3 is 14.7 Å². The Labute approximate surface area is 167 Å². The van der Waals surface area contributed by atoms with Crippen LogP contribution in [0.3, 0.4) is 0 Å². The summed E-state index contributed by atoms with van der Waals surface area (Å²) in [7, 11) is 2.10. The number of rotatable bonds is 5. The minimum absolute atomic E-state index is 0.134. The Kier molecular flexibility index (Phi) is 7.19. The summed E-state index contributed by atoms with van der Waals surface area (Å²) in [5.74, 6) is 0.842. The van der Waals surface area contributed by atoms with Crippen LogP contribution in [-0.2, 0) is 4.79 Å². The average Bonchev–Trinajstić information content (AvgIpc) is 2.72. The molecule has 2 fully saturated rings. The molecule has 0 aromatic heterocycles. The highest BCUT2D eigenvalue weighted by atomic mass is 32.2. The molecule has 1 aromatic carbocycles. The molecule has 0 spiro atoms. The maximum absolute atomic E-state index is 13.0. The van der Waals surface area contributed by atoms with Crippen molar-refractivity contribution in [2.24, 2.45) is 5.92 Å². The Hall–Kier alpha value is -1.53. The minimum Gasteiger partial charge on any atom is -0.340 e. The minimum atomic E-state index is 0.134. The van der Waals surface area contributed by atoms with Crippen LogP contribution in [0.2, 0.25) is 0 Å². The summed E-state index contributed by atoms with van der Waals surface area (Å²) < 4.78 is 0. The third kappa shape index (κ3) is 5.26. The fourth-order valence-corrected chi connectivity index (χ4v) is 4.61. The first-order valence-electron chi connectivity index (χ1n) is 9.97. The van der Waals surface area contributed by atoms with Crippen LogP contribution in [0.4, 0.5) is 0 Å². The second-order valence-electron chi connectivity index (χ2n) is 7.68. The fraction of sp³-hybridized carbons (Fsp3) is 0.619. The second kappa shape index (κ2) is 9.60. The first-order chi connectivity index (χ1) is 13.1. The number of hydrogen-bond donors (Lipinski definition) is 0. The molecule has 2 amide bonds. The van der Waals surface area contributed by atoms with Crippen molar-refractivity contribution in [3.05, 3.63) is 29.8 Å². The number of thioether (sulfide) groups is 1. The standard InChI is InChI=1S/C21H31N3O2S/c1-22-12-14-23(15-13-22)20(25)10-9-17-6-5-11-24(16-17)21(26)18-7-3-4-8-19(18)27-2/h3-4,7-8,17H,5-6,9-16H2,1-2H3/t17-/m1/s1. The highest BCUT2D eigenvalue weighted by Gasteiger charge is 2.27. The lowest BCUT2D eigenvalue weighted by atomic mass is 9.92. The first-order valence-corrected chi connectivity index (χ1v) is 11.2. The van der Waals surface area contributed by atoms with Crippen molar-refractivity contribution in [3.8, 4) is 0 Å². The predicted octanol–water partition coefficient (Wildman–Crippen LogP) is 2.81. The molecule has 0 aliphatic carbocycles. The molecule has 1 aromatic rings. The van der Waals surface area contributed by atoms with E-state index in [-0.39, 0.29) is 11.8 Å². The number of likely N-dealkylation sites (tertiary alicyclic amines) is 1. The van der Waals surface area contributed by atoms with E-state index in [9.17, 15) is 9.59 Å². The van der Waals surface area contributed by atoms with Crippen molar-refractivity contribution >= 4 is 23.6 Å². The quantitative estimate of drug-likeness (QED) is 0.727. The van der Waals surface area contributed by atoms with Crippen LogP contribution in [0.15, 0.2) is 29.2 Å². The molecule has 2 aliphatic rings. The second-order valence-corrected chi connectivity index (χ2v) is 8.53. The zero-order valence-corrected chi connectivity index (χ0v) is 17.3. The van der Waals surface area contributed by atoms with Crippen molar-refractivity contribution in [1.82, 2.24) is 14.7 Å². The Bertz CT molecular complexity index is 659. The first kappa shape index (κ1) is 20.2. The molecule has 0 saturated carbocycles. The van der Waals surface area contributed by atoms with Gasteiger partial charge in [-0.05, 0) is 50.6 Å². The SMILES string of the molecule is CSc1ccccc1C(=O)N1CCC[C@H](CCC(=O)N2CCN(C)CC2)C1. The van der Waals surface area contributed by atoms with Crippen molar-refractivity contribution in [2.45, 2.75) is 30.6 Å². The summed E-state index contributed by atoms with van der Waals surface area (Å²) in [6, 6.07) is 7.84. The molecular formula is C21H31N3O2S. The number of carbonyl (C=O) groups excluding carboxylic acids is 2. The van der Waals surface area contributed by atoms with Crippen LogP contribution in [0, 0.1) is 5.92 Å². The normalized spacial score (nSPS) is 21.3. The molecule has 0 radical (unpaired) electrons. The molecule has 5 nitrogen and oxygen atoms in total. The van der Waals surface area contributed by atoms with E-state index in [0.717, 1.165) is 69.0 Å². The zero-order chi connectivity index (χ0) is 19.2. The maximum atomic E-state index is 13.0. The van der Waals surface area contributed by atoms with E-state index in [1.165, 1.54) is 0 Å². The highest BCUT2D eigenvalue weighted by Crippen LogP contribution is 2.26. The summed E-state index contributed by atoms with van der Waals surface area (Å²) in [6.45, 7) is 5.22. The largest absolute Gasteiger partial charge is 0.340 e. The Morgan fingerprint density at radius 1 is 1.07 bits per heavy atom. The van der Waals surface area contributed by atoms with E-state index in [1.54, 1.807) is 11.8 Å². The number of benzene rings is 1. The Morgan fingerprint density at radius 3 is 2.56 bits per heavy atom. The van der Waals surface area contributed by atoms with E-state index >= 15 is 0 Å². The number of amides is 2. The van der Waals surface area contributed by atoms with E-state index in [0.29, 0.717) is 12.3 Å². The van der Waals surface area contributed by atoms with Crippen LogP contribution < -0.4 is 0 Å². The van der Waals surface area contributed by atoms with Crippen LogP contribution in [0.1, 0.15) is 36.0 Å². The van der Waals surface area contributed by atoms with Gasteiger partial charge in [-0.2, -0.15) is 0 Å². The summed E-state index contributed by atoms with van der Waals surface area (Å²) in [5.41, 5.74) is 0.805. The molecule has 0 unspecified atom stereocenters. The van der Waals surface area contributed by atoms with E-state index in [4.69, 9.17) is 0 Å². The molecule has 148 valence electrons. The third-order valence-corrected chi connectivity index (χ3v) is 6.56. The van der Waals surface area contributed by atoms with Crippen LogP contribution in [0.25, 0.3) is 0 Å². The maximum Gasteiger partial charge on any atom is 0.254 e. The van der Waals surface area contributed by atoms with Gasteiger partial charge >= 0.3 is 0 Å². The van der Waals surface area contributed by atoms with Gasteiger partial charge in [-0.3, -0.25) is 9.59 Å². The lowest BCUT2D eigenvalue weighted by molar-refractivity contribution is -0.133. The molecule has 1 atom stereocenters. The van der Waals surface area contributed by atoms with Crippen LogP contribution in [-0.4, -0.2) is 79.1 Å². The summed E-state index contributed by atoms with van der Waals surface area (Å²) in [5, 5.41) is 0. The number of nitrogens with zero attached hydrogens (tertiary/aromatic N) is 3. The lowest BCUT2D eigenvalue weighted by Crippen LogP contribution is -2.47. The summed E-state index contributed by atoms with van der Waals surface area (Å²) >= 11 is 1.62. The van der Waals surface area contributed by atoms with Crippen molar-refractivity contribution < 1.29 is 9.59 Å². The van der Waals surface area contributed by atoms with Gasteiger partial charge in [-0.15, -0.1) is 11.8 Å². The number of piperidine rings is 1. The Balaban J connectivity index is 1.52. The van der Waals surface area contributed by atoms with Crippen molar-refractivity contribution in [1.29, 1.82) is 0 Å². The third-order valence-electron chi connectivity index (χ3n) is 5.77. The van der Waals surface area contributed by atoms with Gasteiger partial charge in [0, 0.05) is 50.6 Å². The predicted molar refractivity (Wildman–Crippen MR) is 110 cm³/mol. The monoisotopic (exact) mass is 389 g/mol. The molecule has 0 N–H and O–H groups in total. The number of piperazine rings is 1. The lowest BCUT2D eigenvalue weighted by Gasteiger charge is -2.35. The summed E-state index contributed by atoms with van der Waals surface area (Å²) in [4.78, 5) is 32.8. The van der Waals surface area contributed by atoms with Gasteiger partial charge in [-0.25, -0.2) is 0 Å². The molecule has 0 bridgehead atoms. The van der Waals surface area contributed by atoms with Crippen LogP contribution in [0.5, 0.6) is 0 Å². The van der Waals surface area contributed by atoms with Crippen LogP contribution >= 0.6 is 11.8 Å². The summed E-state index contributed by atoms with van der Waals surface area (Å²) in [6.07, 6.45) is 5.65. The van der Waals surface area contributed by atoms with Gasteiger partial charge in [0.05, 0.1) is 5.56 Å². The van der Waals surface area contributed by atoms with Gasteiger partial charge in [0.2, 0.25) is 5.91 Å². The van der Waals surface area contributed by atoms with Gasteiger partial charge in [0.1, 0.15) is 0 Å². The smallest absolute Gasteiger partial charge is 0.254 e. The number of likely N-dealkylation sites (N-methyl/N-ethyl adjacent to an activating group) is 1. The molecular weight excluding hydrogens is 358 g/mol. The number of hydrogen-bond acceptors (Lipinski definition) is 4.